The van der Waals surface area contributed by atoms with Crippen molar-refractivity contribution in [2.75, 3.05) is 0 Å². The van der Waals surface area contributed by atoms with Gasteiger partial charge in [0.2, 0.25) is 0 Å². The van der Waals surface area contributed by atoms with Crippen LogP contribution >= 0.6 is 0 Å². The molecule has 0 aliphatic rings. The summed E-state index contributed by atoms with van der Waals surface area (Å²) in [6.07, 6.45) is 1.28. The van der Waals surface area contributed by atoms with Crippen LogP contribution in [-0.2, 0) is 6.54 Å². The predicted octanol–water partition coefficient (Wildman–Crippen LogP) is 2.08. The zero-order valence-corrected chi connectivity index (χ0v) is 9.22. The topological polar surface area (TPSA) is 55.1 Å². The van der Waals surface area contributed by atoms with Gasteiger partial charge >= 0.3 is 5.97 Å². The quantitative estimate of drug-likeness (QED) is 0.884. The van der Waals surface area contributed by atoms with E-state index in [2.05, 4.69) is 5.10 Å². The van der Waals surface area contributed by atoms with E-state index >= 15 is 0 Å². The van der Waals surface area contributed by atoms with Crippen molar-refractivity contribution in [2.24, 2.45) is 0 Å². The van der Waals surface area contributed by atoms with Crippen molar-refractivity contribution >= 4 is 5.97 Å². The highest BCUT2D eigenvalue weighted by Gasteiger charge is 2.13. The fraction of sp³-hybridized carbons (Fsp3) is 0.167. The number of halogens is 1. The van der Waals surface area contributed by atoms with E-state index < -0.39 is 5.97 Å². The maximum atomic E-state index is 13.4. The van der Waals surface area contributed by atoms with E-state index in [0.29, 0.717) is 11.3 Å². The van der Waals surface area contributed by atoms with E-state index in [1.54, 1.807) is 25.1 Å². The minimum Gasteiger partial charge on any atom is -0.478 e. The molecular formula is C12H11FN2O2. The predicted molar refractivity (Wildman–Crippen MR) is 59.4 cm³/mol. The highest BCUT2D eigenvalue weighted by molar-refractivity contribution is 5.88. The van der Waals surface area contributed by atoms with Gasteiger partial charge in [0.05, 0.1) is 18.4 Å². The molecule has 0 bridgehead atoms. The van der Waals surface area contributed by atoms with Crippen LogP contribution in [0.15, 0.2) is 30.5 Å². The number of rotatable bonds is 3. The van der Waals surface area contributed by atoms with E-state index in [-0.39, 0.29) is 17.9 Å². The Labute approximate surface area is 97.3 Å². The third kappa shape index (κ3) is 2.18. The van der Waals surface area contributed by atoms with Gasteiger partial charge in [-0.2, -0.15) is 5.10 Å². The van der Waals surface area contributed by atoms with Crippen molar-refractivity contribution in [3.8, 4) is 0 Å². The van der Waals surface area contributed by atoms with Gasteiger partial charge in [0.15, 0.2) is 0 Å². The first-order chi connectivity index (χ1) is 8.09. The lowest BCUT2D eigenvalue weighted by atomic mass is 10.2. The minimum atomic E-state index is -1.03. The number of benzene rings is 1. The Hall–Kier alpha value is -2.17. The Balaban J connectivity index is 2.31. The first-order valence-corrected chi connectivity index (χ1v) is 5.08. The third-order valence-corrected chi connectivity index (χ3v) is 2.61. The highest BCUT2D eigenvalue weighted by Crippen LogP contribution is 2.12. The summed E-state index contributed by atoms with van der Waals surface area (Å²) in [5, 5.41) is 12.8. The first kappa shape index (κ1) is 11.3. The Morgan fingerprint density at radius 3 is 2.76 bits per heavy atom. The first-order valence-electron chi connectivity index (χ1n) is 5.08. The summed E-state index contributed by atoms with van der Waals surface area (Å²) < 4.78 is 14.9. The molecule has 0 spiro atoms. The lowest BCUT2D eigenvalue weighted by molar-refractivity contribution is 0.0696. The number of carboxylic acids is 1. The summed E-state index contributed by atoms with van der Waals surface area (Å²) in [6, 6.07) is 6.36. The Kier molecular flexibility index (Phi) is 2.91. The van der Waals surface area contributed by atoms with Gasteiger partial charge in [0.1, 0.15) is 11.4 Å². The molecule has 0 saturated heterocycles. The third-order valence-electron chi connectivity index (χ3n) is 2.61. The molecule has 88 valence electrons. The van der Waals surface area contributed by atoms with Gasteiger partial charge in [-0.15, -0.1) is 0 Å². The molecule has 5 heteroatoms. The van der Waals surface area contributed by atoms with Crippen LogP contribution in [0.1, 0.15) is 21.6 Å². The van der Waals surface area contributed by atoms with Crippen LogP contribution < -0.4 is 0 Å². The summed E-state index contributed by atoms with van der Waals surface area (Å²) in [5.74, 6) is -1.35. The fourth-order valence-corrected chi connectivity index (χ4v) is 1.60. The molecule has 0 radical (unpaired) electrons. The molecule has 0 fully saturated rings. The van der Waals surface area contributed by atoms with E-state index in [1.807, 2.05) is 0 Å². The summed E-state index contributed by atoms with van der Waals surface area (Å²) in [7, 11) is 0. The summed E-state index contributed by atoms with van der Waals surface area (Å²) >= 11 is 0. The molecule has 1 aromatic heterocycles. The molecule has 4 nitrogen and oxygen atoms in total. The Morgan fingerprint density at radius 1 is 1.47 bits per heavy atom. The zero-order valence-electron chi connectivity index (χ0n) is 9.22. The largest absolute Gasteiger partial charge is 0.478 e. The molecule has 1 N–H and O–H groups in total. The van der Waals surface area contributed by atoms with Crippen molar-refractivity contribution in [2.45, 2.75) is 13.5 Å². The van der Waals surface area contributed by atoms with E-state index in [1.165, 1.54) is 16.9 Å². The number of carbonyl (C=O) groups is 1. The van der Waals surface area contributed by atoms with Crippen LogP contribution in [0.4, 0.5) is 4.39 Å². The Morgan fingerprint density at radius 2 is 2.18 bits per heavy atom. The zero-order chi connectivity index (χ0) is 12.4. The van der Waals surface area contributed by atoms with E-state index in [4.69, 9.17) is 5.11 Å². The number of hydrogen-bond donors (Lipinski definition) is 1. The second kappa shape index (κ2) is 4.37. The van der Waals surface area contributed by atoms with Gasteiger partial charge in [-0.3, -0.25) is 4.68 Å². The molecule has 1 heterocycles. The molecule has 1 aromatic carbocycles. The standard InChI is InChI=1S/C12H11FN2O2/c1-8-10(12(16)17)6-14-15(8)7-9-4-2-3-5-11(9)13/h2-6H,7H2,1H3,(H,16,17). The number of hydrogen-bond acceptors (Lipinski definition) is 2. The van der Waals surface area contributed by atoms with Crippen molar-refractivity contribution in [3.63, 3.8) is 0 Å². The maximum absolute atomic E-state index is 13.4. The van der Waals surface area contributed by atoms with Crippen LogP contribution in [0.5, 0.6) is 0 Å². The average Bonchev–Trinajstić information content (AvgIpc) is 2.64. The molecule has 0 amide bonds. The molecular weight excluding hydrogens is 223 g/mol. The molecule has 2 aromatic rings. The monoisotopic (exact) mass is 234 g/mol. The van der Waals surface area contributed by atoms with Gasteiger partial charge in [-0.25, -0.2) is 9.18 Å². The second-order valence-electron chi connectivity index (χ2n) is 3.70. The number of carboxylic acid groups (broad SMARTS) is 1. The smallest absolute Gasteiger partial charge is 0.339 e. The fourth-order valence-electron chi connectivity index (χ4n) is 1.60. The molecule has 0 aliphatic heterocycles. The maximum Gasteiger partial charge on any atom is 0.339 e. The number of aromatic carboxylic acids is 1. The van der Waals surface area contributed by atoms with Crippen LogP contribution in [0.2, 0.25) is 0 Å². The van der Waals surface area contributed by atoms with Crippen LogP contribution in [-0.4, -0.2) is 20.9 Å². The number of nitrogens with zero attached hydrogens (tertiary/aromatic N) is 2. The molecule has 0 unspecified atom stereocenters. The molecule has 2 rings (SSSR count). The number of aromatic nitrogens is 2. The summed E-state index contributed by atoms with van der Waals surface area (Å²) in [4.78, 5) is 10.8. The van der Waals surface area contributed by atoms with Gasteiger partial charge in [-0.1, -0.05) is 18.2 Å². The average molecular weight is 234 g/mol. The highest BCUT2D eigenvalue weighted by atomic mass is 19.1. The molecule has 0 saturated carbocycles. The van der Waals surface area contributed by atoms with E-state index in [0.717, 1.165) is 0 Å². The van der Waals surface area contributed by atoms with Crippen molar-refractivity contribution in [3.05, 3.63) is 53.1 Å². The minimum absolute atomic E-state index is 0.140. The van der Waals surface area contributed by atoms with Gasteiger partial charge in [-0.05, 0) is 13.0 Å². The van der Waals surface area contributed by atoms with Gasteiger partial charge in [0, 0.05) is 5.56 Å². The lowest BCUT2D eigenvalue weighted by Gasteiger charge is -2.05. The summed E-state index contributed by atoms with van der Waals surface area (Å²) in [5.41, 5.74) is 1.14. The van der Waals surface area contributed by atoms with Crippen LogP contribution in [0.3, 0.4) is 0 Å². The molecule has 0 aliphatic carbocycles. The molecule has 17 heavy (non-hydrogen) atoms. The SMILES string of the molecule is Cc1c(C(=O)O)cnn1Cc1ccccc1F. The van der Waals surface area contributed by atoms with Crippen molar-refractivity contribution in [1.29, 1.82) is 0 Å². The second-order valence-corrected chi connectivity index (χ2v) is 3.70. The summed E-state index contributed by atoms with van der Waals surface area (Å²) in [6.45, 7) is 1.88. The van der Waals surface area contributed by atoms with Crippen LogP contribution in [0.25, 0.3) is 0 Å². The van der Waals surface area contributed by atoms with Crippen molar-refractivity contribution < 1.29 is 14.3 Å². The van der Waals surface area contributed by atoms with Crippen LogP contribution in [0, 0.1) is 12.7 Å². The lowest BCUT2D eigenvalue weighted by Crippen LogP contribution is -2.07. The van der Waals surface area contributed by atoms with E-state index in [9.17, 15) is 9.18 Å². The molecule has 0 atom stereocenters. The normalized spacial score (nSPS) is 10.5. The Bertz CT molecular complexity index is 563. The van der Waals surface area contributed by atoms with Crippen molar-refractivity contribution in [1.82, 2.24) is 9.78 Å². The van der Waals surface area contributed by atoms with Gasteiger partial charge < -0.3 is 5.11 Å². The van der Waals surface area contributed by atoms with Gasteiger partial charge in [0.25, 0.3) is 0 Å².